The van der Waals surface area contributed by atoms with Gasteiger partial charge in [0.15, 0.2) is 11.6 Å². The summed E-state index contributed by atoms with van der Waals surface area (Å²) < 4.78 is 39.8. The number of hydrogen-bond donors (Lipinski definition) is 1. The zero-order valence-electron chi connectivity index (χ0n) is 10.4. The summed E-state index contributed by atoms with van der Waals surface area (Å²) in [6, 6.07) is 1.27. The minimum atomic E-state index is -1.31. The van der Waals surface area contributed by atoms with Gasteiger partial charge in [-0.2, -0.15) is 0 Å². The fraction of sp³-hybridized carbons (Fsp3) is 0.385. The molecule has 0 atom stereocenters. The summed E-state index contributed by atoms with van der Waals surface area (Å²) in [5.41, 5.74) is -1.15. The van der Waals surface area contributed by atoms with Gasteiger partial charge in [0.25, 0.3) is 0 Å². The molecule has 3 rings (SSSR count). The second kappa shape index (κ2) is 4.22. The lowest BCUT2D eigenvalue weighted by Crippen LogP contribution is -2.59. The zero-order chi connectivity index (χ0) is 14.5. The quantitative estimate of drug-likeness (QED) is 0.827. The van der Waals surface area contributed by atoms with Crippen LogP contribution in [0.4, 0.5) is 13.2 Å². The summed E-state index contributed by atoms with van der Waals surface area (Å²) in [5, 5.41) is 2.60. The van der Waals surface area contributed by atoms with Crippen LogP contribution in [0, 0.1) is 17.5 Å². The maximum Gasteiger partial charge on any atom is 0.249 e. The molecule has 106 valence electrons. The van der Waals surface area contributed by atoms with Gasteiger partial charge in [-0.05, 0) is 18.9 Å². The van der Waals surface area contributed by atoms with Crippen LogP contribution >= 0.6 is 0 Å². The van der Waals surface area contributed by atoms with Crippen LogP contribution in [0.2, 0.25) is 0 Å². The van der Waals surface area contributed by atoms with Crippen molar-refractivity contribution in [1.82, 2.24) is 10.2 Å². The third-order valence-electron chi connectivity index (χ3n) is 3.59. The summed E-state index contributed by atoms with van der Waals surface area (Å²) in [5.74, 6) is -4.11. The fourth-order valence-electron chi connectivity index (χ4n) is 2.43. The van der Waals surface area contributed by atoms with Crippen LogP contribution in [0.15, 0.2) is 12.1 Å². The average Bonchev–Trinajstić information content (AvgIpc) is 3.12. The molecule has 7 heteroatoms. The molecule has 2 fully saturated rings. The van der Waals surface area contributed by atoms with Gasteiger partial charge in [0.2, 0.25) is 11.8 Å². The van der Waals surface area contributed by atoms with Crippen molar-refractivity contribution in [2.24, 2.45) is 0 Å². The lowest BCUT2D eigenvalue weighted by atomic mass is 10.1. The van der Waals surface area contributed by atoms with Crippen LogP contribution in [-0.4, -0.2) is 28.8 Å². The number of carbonyl (C=O) groups excluding carboxylic acids is 2. The van der Waals surface area contributed by atoms with Crippen molar-refractivity contribution >= 4 is 11.8 Å². The lowest BCUT2D eigenvalue weighted by Gasteiger charge is -2.32. The lowest BCUT2D eigenvalue weighted by molar-refractivity contribution is -0.146. The first-order chi connectivity index (χ1) is 9.41. The minimum Gasteiger partial charge on any atom is -0.340 e. The number of carbonyl (C=O) groups is 2. The molecule has 1 spiro atoms. The predicted octanol–water partition coefficient (Wildman–Crippen LogP) is 1.09. The number of piperazine rings is 1. The Bertz CT molecular complexity index is 614. The van der Waals surface area contributed by atoms with E-state index in [-0.39, 0.29) is 30.5 Å². The van der Waals surface area contributed by atoms with E-state index in [0.717, 1.165) is 11.0 Å². The van der Waals surface area contributed by atoms with Crippen molar-refractivity contribution in [3.8, 4) is 0 Å². The maximum absolute atomic E-state index is 13.6. The normalized spacial score (nSPS) is 20.2. The molecule has 1 aliphatic carbocycles. The number of rotatable bonds is 2. The van der Waals surface area contributed by atoms with Gasteiger partial charge in [0, 0.05) is 18.2 Å². The number of nitrogens with one attached hydrogen (secondary N) is 1. The SMILES string of the molecule is O=C1CN(Cc2cc(F)cc(F)c2F)C(=O)C2(CC2)N1. The van der Waals surface area contributed by atoms with Gasteiger partial charge in [0.1, 0.15) is 11.4 Å². The van der Waals surface area contributed by atoms with Crippen LogP contribution in [0.25, 0.3) is 0 Å². The molecule has 0 radical (unpaired) electrons. The summed E-state index contributed by atoms with van der Waals surface area (Å²) in [6.07, 6.45) is 1.07. The van der Waals surface area contributed by atoms with Crippen molar-refractivity contribution in [3.63, 3.8) is 0 Å². The molecular formula is C13H11F3N2O2. The highest BCUT2D eigenvalue weighted by Crippen LogP contribution is 2.39. The van der Waals surface area contributed by atoms with Crippen LogP contribution in [0.1, 0.15) is 18.4 Å². The summed E-state index contributed by atoms with van der Waals surface area (Å²) in [4.78, 5) is 24.8. The summed E-state index contributed by atoms with van der Waals surface area (Å²) in [7, 11) is 0. The van der Waals surface area contributed by atoms with E-state index in [1.165, 1.54) is 0 Å². The fourth-order valence-corrected chi connectivity index (χ4v) is 2.43. The molecule has 1 saturated heterocycles. The van der Waals surface area contributed by atoms with Gasteiger partial charge >= 0.3 is 0 Å². The van der Waals surface area contributed by atoms with E-state index >= 15 is 0 Å². The van der Waals surface area contributed by atoms with E-state index in [4.69, 9.17) is 0 Å². The molecular weight excluding hydrogens is 273 g/mol. The number of hydrogen-bond acceptors (Lipinski definition) is 2. The van der Waals surface area contributed by atoms with E-state index < -0.39 is 23.0 Å². The Hall–Kier alpha value is -2.05. The van der Waals surface area contributed by atoms with E-state index in [9.17, 15) is 22.8 Å². The highest BCUT2D eigenvalue weighted by Gasteiger charge is 2.55. The molecule has 1 heterocycles. The highest BCUT2D eigenvalue weighted by atomic mass is 19.2. The Morgan fingerprint density at radius 3 is 2.55 bits per heavy atom. The summed E-state index contributed by atoms with van der Waals surface area (Å²) in [6.45, 7) is -0.563. The highest BCUT2D eigenvalue weighted by molar-refractivity contribution is 6.00. The third kappa shape index (κ3) is 2.03. The molecule has 1 aliphatic heterocycles. The number of nitrogens with zero attached hydrogens (tertiary/aromatic N) is 1. The largest absolute Gasteiger partial charge is 0.340 e. The Kier molecular flexibility index (Phi) is 2.74. The molecule has 0 aromatic heterocycles. The van der Waals surface area contributed by atoms with Gasteiger partial charge in [-0.15, -0.1) is 0 Å². The van der Waals surface area contributed by atoms with Gasteiger partial charge in [-0.3, -0.25) is 9.59 Å². The number of benzene rings is 1. The van der Waals surface area contributed by atoms with Crippen molar-refractivity contribution in [2.75, 3.05) is 6.54 Å². The first-order valence-corrected chi connectivity index (χ1v) is 6.15. The van der Waals surface area contributed by atoms with Crippen molar-refractivity contribution in [1.29, 1.82) is 0 Å². The molecule has 1 aromatic rings. The maximum atomic E-state index is 13.6. The van der Waals surface area contributed by atoms with Gasteiger partial charge in [-0.25, -0.2) is 13.2 Å². The Morgan fingerprint density at radius 2 is 1.90 bits per heavy atom. The number of amides is 2. The summed E-state index contributed by atoms with van der Waals surface area (Å²) >= 11 is 0. The second-order valence-corrected chi connectivity index (χ2v) is 5.15. The molecule has 0 unspecified atom stereocenters. The van der Waals surface area contributed by atoms with Crippen LogP contribution in [0.5, 0.6) is 0 Å². The first kappa shape index (κ1) is 13.0. The Balaban J connectivity index is 1.87. The molecule has 4 nitrogen and oxygen atoms in total. The second-order valence-electron chi connectivity index (χ2n) is 5.15. The minimum absolute atomic E-state index is 0.238. The molecule has 1 saturated carbocycles. The average molecular weight is 284 g/mol. The van der Waals surface area contributed by atoms with Crippen molar-refractivity contribution in [3.05, 3.63) is 35.1 Å². The van der Waals surface area contributed by atoms with Gasteiger partial charge < -0.3 is 10.2 Å². The molecule has 2 aliphatic rings. The van der Waals surface area contributed by atoms with E-state index in [1.807, 2.05) is 0 Å². The zero-order valence-corrected chi connectivity index (χ0v) is 10.4. The monoisotopic (exact) mass is 284 g/mol. The van der Waals surface area contributed by atoms with Crippen LogP contribution in [0.3, 0.4) is 0 Å². The topological polar surface area (TPSA) is 49.4 Å². The third-order valence-corrected chi connectivity index (χ3v) is 3.59. The van der Waals surface area contributed by atoms with Crippen LogP contribution in [-0.2, 0) is 16.1 Å². The van der Waals surface area contributed by atoms with E-state index in [1.54, 1.807) is 0 Å². The van der Waals surface area contributed by atoms with Crippen LogP contribution < -0.4 is 5.32 Å². The number of halogens is 3. The van der Waals surface area contributed by atoms with Crippen molar-refractivity contribution in [2.45, 2.75) is 24.9 Å². The van der Waals surface area contributed by atoms with Gasteiger partial charge in [-0.1, -0.05) is 0 Å². The molecule has 1 N–H and O–H groups in total. The predicted molar refractivity (Wildman–Crippen MR) is 61.8 cm³/mol. The molecule has 1 aromatic carbocycles. The molecule has 0 bridgehead atoms. The first-order valence-electron chi connectivity index (χ1n) is 6.15. The van der Waals surface area contributed by atoms with E-state index in [2.05, 4.69) is 5.32 Å². The Labute approximate surface area is 112 Å². The van der Waals surface area contributed by atoms with Crippen molar-refractivity contribution < 1.29 is 22.8 Å². The Morgan fingerprint density at radius 1 is 1.20 bits per heavy atom. The molecule has 20 heavy (non-hydrogen) atoms. The smallest absolute Gasteiger partial charge is 0.249 e. The van der Waals surface area contributed by atoms with Gasteiger partial charge in [0.05, 0.1) is 6.54 Å². The standard InChI is InChI=1S/C13H11F3N2O2/c14-8-3-7(11(16)9(15)4-8)5-18-6-10(19)17-13(1-2-13)12(18)20/h3-4H,1-2,5-6H2,(H,17,19). The molecule has 2 amide bonds. The van der Waals surface area contributed by atoms with E-state index in [0.29, 0.717) is 18.9 Å².